The predicted molar refractivity (Wildman–Crippen MR) is 94.7 cm³/mol. The number of benzene rings is 1. The van der Waals surface area contributed by atoms with Crippen molar-refractivity contribution in [3.8, 4) is 5.75 Å². The number of anilines is 1. The summed E-state index contributed by atoms with van der Waals surface area (Å²) in [7, 11) is 0. The quantitative estimate of drug-likeness (QED) is 0.747. The second-order valence-electron chi connectivity index (χ2n) is 5.71. The molecule has 2 rings (SSSR count). The number of hydrogen-bond donors (Lipinski definition) is 3. The molecule has 1 aromatic heterocycles. The minimum absolute atomic E-state index is 0.194. The number of aromatic nitrogens is 1. The van der Waals surface area contributed by atoms with Crippen molar-refractivity contribution < 1.29 is 9.53 Å². The van der Waals surface area contributed by atoms with Gasteiger partial charge < -0.3 is 20.4 Å². The van der Waals surface area contributed by atoms with Crippen molar-refractivity contribution in [3.63, 3.8) is 0 Å². The molecule has 0 spiro atoms. The van der Waals surface area contributed by atoms with Crippen LogP contribution in [0.3, 0.4) is 0 Å². The average Bonchev–Trinajstić information content (AvgIpc) is 2.54. The molecule has 0 atom stereocenters. The zero-order valence-electron chi connectivity index (χ0n) is 13.6. The Hall–Kier alpha value is -2.47. The summed E-state index contributed by atoms with van der Waals surface area (Å²) >= 11 is 5.78. The monoisotopic (exact) mass is 349 g/mol. The Kier molecular flexibility index (Phi) is 6.26. The van der Waals surface area contributed by atoms with Crippen molar-refractivity contribution in [1.82, 2.24) is 10.3 Å². The molecular weight excluding hydrogens is 330 g/mol. The molecule has 0 saturated heterocycles. The number of urea groups is 1. The molecule has 6 nitrogen and oxygen atoms in total. The van der Waals surface area contributed by atoms with Gasteiger partial charge in [0.15, 0.2) is 5.75 Å². The third-order valence-electron chi connectivity index (χ3n) is 3.05. The maximum Gasteiger partial charge on any atom is 0.319 e. The fraction of sp³-hybridized carbons (Fsp3) is 0.294. The molecule has 0 bridgehead atoms. The first-order chi connectivity index (χ1) is 11.4. The maximum atomic E-state index is 11.9. The Morgan fingerprint density at radius 1 is 1.29 bits per heavy atom. The molecule has 0 aliphatic heterocycles. The summed E-state index contributed by atoms with van der Waals surface area (Å²) in [6, 6.07) is 7.81. The fourth-order valence-electron chi connectivity index (χ4n) is 1.86. The Morgan fingerprint density at radius 3 is 2.62 bits per heavy atom. The van der Waals surface area contributed by atoms with Crippen LogP contribution >= 0.6 is 11.6 Å². The molecule has 7 heteroatoms. The molecule has 2 amide bonds. The van der Waals surface area contributed by atoms with Crippen molar-refractivity contribution in [2.45, 2.75) is 20.4 Å². The van der Waals surface area contributed by atoms with Gasteiger partial charge in [0.25, 0.3) is 0 Å². The van der Waals surface area contributed by atoms with Crippen molar-refractivity contribution in [2.75, 3.05) is 11.9 Å². The largest absolute Gasteiger partial charge is 0.488 e. The van der Waals surface area contributed by atoms with Crippen LogP contribution in [0.25, 0.3) is 0 Å². The van der Waals surface area contributed by atoms with Crippen LogP contribution in [0.2, 0.25) is 5.02 Å². The Labute approximate surface area is 145 Å². The summed E-state index contributed by atoms with van der Waals surface area (Å²) in [5, 5.41) is 5.93. The molecule has 0 unspecified atom stereocenters. The lowest BCUT2D eigenvalue weighted by Crippen LogP contribution is -2.29. The van der Waals surface area contributed by atoms with Crippen LogP contribution in [0.15, 0.2) is 41.3 Å². The van der Waals surface area contributed by atoms with Crippen LogP contribution < -0.4 is 20.8 Å². The van der Waals surface area contributed by atoms with Crippen molar-refractivity contribution in [3.05, 3.63) is 57.5 Å². The average molecular weight is 350 g/mol. The van der Waals surface area contributed by atoms with Gasteiger partial charge in [-0.3, -0.25) is 4.79 Å². The van der Waals surface area contributed by atoms with Gasteiger partial charge in [-0.15, -0.1) is 0 Å². The number of carbonyl (C=O) groups excluding carboxylic acids is 1. The highest BCUT2D eigenvalue weighted by molar-refractivity contribution is 6.30. The van der Waals surface area contributed by atoms with E-state index >= 15 is 0 Å². The van der Waals surface area contributed by atoms with Crippen LogP contribution in [0.4, 0.5) is 10.5 Å². The molecule has 128 valence electrons. The first-order valence-corrected chi connectivity index (χ1v) is 7.96. The third kappa shape index (κ3) is 5.62. The standard InChI is InChI=1S/C17H20ClN3O3/c1-11(2)10-24-16-9-19-14(7-15(16)22)8-20-17(23)21-13-5-3-12(18)4-6-13/h3-7,9,11H,8,10H2,1-2H3,(H,19,22)(H2,20,21,23). The highest BCUT2D eigenvalue weighted by Gasteiger charge is 2.06. The van der Waals surface area contributed by atoms with Crippen LogP contribution in [0.5, 0.6) is 5.75 Å². The SMILES string of the molecule is CC(C)COc1c[nH]c(CNC(=O)Nc2ccc(Cl)cc2)cc1=O. The number of halogens is 1. The van der Waals surface area contributed by atoms with Gasteiger partial charge in [-0.05, 0) is 30.2 Å². The van der Waals surface area contributed by atoms with Gasteiger partial charge in [-0.2, -0.15) is 0 Å². The Balaban J connectivity index is 1.87. The van der Waals surface area contributed by atoms with E-state index < -0.39 is 0 Å². The molecule has 2 aromatic rings. The van der Waals surface area contributed by atoms with Gasteiger partial charge >= 0.3 is 6.03 Å². The molecular formula is C17H20ClN3O3. The van der Waals surface area contributed by atoms with Crippen LogP contribution in [0.1, 0.15) is 19.5 Å². The summed E-state index contributed by atoms with van der Waals surface area (Å²) < 4.78 is 5.41. The molecule has 24 heavy (non-hydrogen) atoms. The smallest absolute Gasteiger partial charge is 0.319 e. The fourth-order valence-corrected chi connectivity index (χ4v) is 1.98. The number of H-pyrrole nitrogens is 1. The molecule has 3 N–H and O–H groups in total. The van der Waals surface area contributed by atoms with E-state index in [4.69, 9.17) is 16.3 Å². The lowest BCUT2D eigenvalue weighted by molar-refractivity contribution is 0.251. The van der Waals surface area contributed by atoms with E-state index in [2.05, 4.69) is 15.6 Å². The van der Waals surface area contributed by atoms with E-state index in [1.54, 1.807) is 24.3 Å². The second-order valence-corrected chi connectivity index (χ2v) is 6.14. The first-order valence-electron chi connectivity index (χ1n) is 7.59. The van der Waals surface area contributed by atoms with Gasteiger partial charge in [-0.25, -0.2) is 4.79 Å². The maximum absolute atomic E-state index is 11.9. The van der Waals surface area contributed by atoms with E-state index in [0.717, 1.165) is 0 Å². The zero-order chi connectivity index (χ0) is 17.5. The van der Waals surface area contributed by atoms with Crippen LogP contribution in [0, 0.1) is 5.92 Å². The van der Waals surface area contributed by atoms with Gasteiger partial charge in [0.1, 0.15) is 0 Å². The highest BCUT2D eigenvalue weighted by Crippen LogP contribution is 2.13. The number of ether oxygens (including phenoxy) is 1. The molecule has 0 aliphatic rings. The minimum Gasteiger partial charge on any atom is -0.488 e. The van der Waals surface area contributed by atoms with Gasteiger partial charge in [-0.1, -0.05) is 25.4 Å². The molecule has 0 saturated carbocycles. The van der Waals surface area contributed by atoms with Crippen molar-refractivity contribution in [2.24, 2.45) is 5.92 Å². The number of pyridine rings is 1. The van der Waals surface area contributed by atoms with Gasteiger partial charge in [0.2, 0.25) is 5.43 Å². The molecule has 0 fully saturated rings. The van der Waals surface area contributed by atoms with Crippen molar-refractivity contribution >= 4 is 23.3 Å². The van der Waals surface area contributed by atoms with Gasteiger partial charge in [0, 0.05) is 28.7 Å². The van der Waals surface area contributed by atoms with E-state index in [0.29, 0.717) is 28.9 Å². The lowest BCUT2D eigenvalue weighted by Gasteiger charge is -2.10. The number of rotatable bonds is 6. The number of aromatic amines is 1. The summed E-state index contributed by atoms with van der Waals surface area (Å²) in [6.45, 7) is 4.68. The number of amides is 2. The molecule has 1 heterocycles. The normalized spacial score (nSPS) is 10.5. The van der Waals surface area contributed by atoms with E-state index in [1.165, 1.54) is 12.3 Å². The predicted octanol–water partition coefficient (Wildman–Crippen LogP) is 3.38. The highest BCUT2D eigenvalue weighted by atomic mass is 35.5. The van der Waals surface area contributed by atoms with Crippen LogP contribution in [-0.2, 0) is 6.54 Å². The minimum atomic E-state index is -0.377. The summed E-state index contributed by atoms with van der Waals surface area (Å²) in [5.41, 5.74) is 0.996. The lowest BCUT2D eigenvalue weighted by atomic mass is 10.2. The van der Waals surface area contributed by atoms with E-state index in [9.17, 15) is 9.59 Å². The Bertz CT molecular complexity index is 741. The summed E-state index contributed by atoms with van der Waals surface area (Å²) in [4.78, 5) is 26.7. The number of nitrogens with one attached hydrogen (secondary N) is 3. The molecule has 0 radical (unpaired) electrons. The zero-order valence-corrected chi connectivity index (χ0v) is 14.3. The topological polar surface area (TPSA) is 83.2 Å². The van der Waals surface area contributed by atoms with E-state index in [1.807, 2.05) is 13.8 Å². The van der Waals surface area contributed by atoms with Crippen LogP contribution in [-0.4, -0.2) is 17.6 Å². The number of hydrogen-bond acceptors (Lipinski definition) is 3. The first kappa shape index (κ1) is 17.9. The Morgan fingerprint density at radius 2 is 2.00 bits per heavy atom. The molecule has 0 aliphatic carbocycles. The number of carbonyl (C=O) groups is 1. The molecule has 1 aromatic carbocycles. The van der Waals surface area contributed by atoms with Crippen molar-refractivity contribution in [1.29, 1.82) is 0 Å². The third-order valence-corrected chi connectivity index (χ3v) is 3.30. The second kappa shape index (κ2) is 8.40. The van der Waals surface area contributed by atoms with Gasteiger partial charge in [0.05, 0.1) is 13.2 Å². The van der Waals surface area contributed by atoms with E-state index in [-0.39, 0.29) is 23.8 Å². The summed E-state index contributed by atoms with van der Waals surface area (Å²) in [6.07, 6.45) is 1.51. The summed E-state index contributed by atoms with van der Waals surface area (Å²) in [5.74, 6) is 0.611.